The van der Waals surface area contributed by atoms with Gasteiger partial charge in [-0.15, -0.1) is 0 Å². The lowest BCUT2D eigenvalue weighted by Gasteiger charge is -2.12. The van der Waals surface area contributed by atoms with Crippen LogP contribution in [0.4, 0.5) is 11.4 Å². The summed E-state index contributed by atoms with van der Waals surface area (Å²) in [5.41, 5.74) is 1.31. The van der Waals surface area contributed by atoms with Gasteiger partial charge in [-0.2, -0.15) is 0 Å². The predicted molar refractivity (Wildman–Crippen MR) is 84.7 cm³/mol. The largest absolute Gasteiger partial charge is 0.322 e. The Kier molecular flexibility index (Phi) is 4.33. The van der Waals surface area contributed by atoms with E-state index in [1.807, 2.05) is 6.07 Å². The average molecular weight is 300 g/mol. The summed E-state index contributed by atoms with van der Waals surface area (Å²) in [7, 11) is 2.18. The molecule has 2 N–H and O–H groups in total. The highest BCUT2D eigenvalue weighted by Gasteiger charge is 2.14. The molecule has 0 spiro atoms. The number of amides is 1. The molecule has 106 valence electrons. The number of hydrogen-bond donors (Lipinski definition) is 2. The van der Waals surface area contributed by atoms with Crippen molar-refractivity contribution in [3.8, 4) is 0 Å². The smallest absolute Gasteiger partial charge is 0.257 e. The van der Waals surface area contributed by atoms with Gasteiger partial charge in [0.05, 0.1) is 17.5 Å². The van der Waals surface area contributed by atoms with E-state index in [4.69, 9.17) is 7.85 Å². The molecule has 0 atom stereocenters. The quantitative estimate of drug-likeness (QED) is 0.830. The molecule has 0 aromatic heterocycles. The highest BCUT2D eigenvalue weighted by molar-refractivity contribution is 7.92. The molecule has 0 aliphatic carbocycles. The van der Waals surface area contributed by atoms with Gasteiger partial charge in [-0.1, -0.05) is 35.8 Å². The molecular formula is C14H13BN2O3S. The van der Waals surface area contributed by atoms with E-state index in [2.05, 4.69) is 10.0 Å². The highest BCUT2D eigenvalue weighted by Crippen LogP contribution is 2.17. The van der Waals surface area contributed by atoms with Crippen LogP contribution in [0.5, 0.6) is 0 Å². The van der Waals surface area contributed by atoms with Gasteiger partial charge >= 0.3 is 0 Å². The zero-order valence-electron chi connectivity index (χ0n) is 11.3. The zero-order chi connectivity index (χ0) is 15.5. The number of para-hydroxylation sites is 1. The van der Waals surface area contributed by atoms with Crippen molar-refractivity contribution in [1.82, 2.24) is 0 Å². The zero-order valence-corrected chi connectivity index (χ0v) is 12.1. The molecule has 2 rings (SSSR count). The SMILES string of the molecule is [B]c1ccc(NS(C)(=O)=O)c(C(=O)Nc2ccccc2)c1. The Balaban J connectivity index is 2.33. The molecule has 2 radical (unpaired) electrons. The molecule has 0 aliphatic heterocycles. The standard InChI is InChI=1S/C14H13BN2O3S/c1-21(19,20)17-13-8-7-10(15)9-12(13)14(18)16-11-5-3-2-4-6-11/h2-9,17H,1H3,(H,16,18). The van der Waals surface area contributed by atoms with Crippen LogP contribution in [0.3, 0.4) is 0 Å². The summed E-state index contributed by atoms with van der Waals surface area (Å²) >= 11 is 0. The van der Waals surface area contributed by atoms with E-state index in [9.17, 15) is 13.2 Å². The number of sulfonamides is 1. The van der Waals surface area contributed by atoms with E-state index in [0.717, 1.165) is 6.26 Å². The molecule has 5 nitrogen and oxygen atoms in total. The van der Waals surface area contributed by atoms with Crippen LogP contribution in [-0.4, -0.2) is 28.4 Å². The van der Waals surface area contributed by atoms with Crippen LogP contribution >= 0.6 is 0 Å². The van der Waals surface area contributed by atoms with E-state index in [1.54, 1.807) is 24.3 Å². The van der Waals surface area contributed by atoms with Crippen molar-refractivity contribution < 1.29 is 13.2 Å². The van der Waals surface area contributed by atoms with Crippen LogP contribution in [0.1, 0.15) is 10.4 Å². The van der Waals surface area contributed by atoms with Crippen LogP contribution in [-0.2, 0) is 10.0 Å². The van der Waals surface area contributed by atoms with Crippen molar-refractivity contribution in [3.05, 3.63) is 54.1 Å². The molecule has 0 aliphatic rings. The monoisotopic (exact) mass is 300 g/mol. The van der Waals surface area contributed by atoms with Crippen molar-refractivity contribution in [2.24, 2.45) is 0 Å². The van der Waals surface area contributed by atoms with Crippen LogP contribution in [0.15, 0.2) is 48.5 Å². The lowest BCUT2D eigenvalue weighted by atomic mass is 9.93. The number of benzene rings is 2. The van der Waals surface area contributed by atoms with E-state index >= 15 is 0 Å². The van der Waals surface area contributed by atoms with Gasteiger partial charge in [0.1, 0.15) is 7.85 Å². The fraction of sp³-hybridized carbons (Fsp3) is 0.0714. The number of hydrogen-bond acceptors (Lipinski definition) is 3. The van der Waals surface area contributed by atoms with Crippen molar-refractivity contribution in [2.45, 2.75) is 0 Å². The first kappa shape index (κ1) is 15.1. The minimum atomic E-state index is -3.49. The highest BCUT2D eigenvalue weighted by atomic mass is 32.2. The molecule has 0 saturated carbocycles. The second-order valence-corrected chi connectivity index (χ2v) is 6.25. The minimum absolute atomic E-state index is 0.157. The molecule has 21 heavy (non-hydrogen) atoms. The summed E-state index contributed by atoms with van der Waals surface area (Å²) in [5.74, 6) is -0.445. The van der Waals surface area contributed by atoms with E-state index in [0.29, 0.717) is 11.2 Å². The molecule has 0 heterocycles. The fourth-order valence-electron chi connectivity index (χ4n) is 1.76. The van der Waals surface area contributed by atoms with Crippen LogP contribution < -0.4 is 15.5 Å². The maximum Gasteiger partial charge on any atom is 0.257 e. The molecule has 2 aromatic carbocycles. The number of rotatable bonds is 4. The summed E-state index contributed by atoms with van der Waals surface area (Å²) in [6.45, 7) is 0. The summed E-state index contributed by atoms with van der Waals surface area (Å²) < 4.78 is 25.0. The molecule has 1 amide bonds. The Labute approximate surface area is 124 Å². The number of carbonyl (C=O) groups is 1. The fourth-order valence-corrected chi connectivity index (χ4v) is 2.34. The maximum atomic E-state index is 12.3. The summed E-state index contributed by atoms with van der Waals surface area (Å²) in [5, 5.41) is 2.68. The third-order valence-corrected chi connectivity index (χ3v) is 3.21. The van der Waals surface area contributed by atoms with Crippen molar-refractivity contribution >= 4 is 40.6 Å². The van der Waals surface area contributed by atoms with Crippen LogP contribution in [0.2, 0.25) is 0 Å². The first-order valence-electron chi connectivity index (χ1n) is 6.09. The van der Waals surface area contributed by atoms with Gasteiger partial charge in [0.25, 0.3) is 5.91 Å². The van der Waals surface area contributed by atoms with Crippen molar-refractivity contribution in [1.29, 1.82) is 0 Å². The molecule has 0 saturated heterocycles. The molecule has 0 unspecified atom stereocenters. The first-order valence-corrected chi connectivity index (χ1v) is 7.98. The predicted octanol–water partition coefficient (Wildman–Crippen LogP) is 1.10. The maximum absolute atomic E-state index is 12.3. The number of carbonyl (C=O) groups excluding carboxylic acids is 1. The Morgan fingerprint density at radius 1 is 1.10 bits per heavy atom. The summed E-state index contributed by atoms with van der Waals surface area (Å²) in [6, 6.07) is 13.2. The first-order chi connectivity index (χ1) is 9.85. The van der Waals surface area contributed by atoms with Crippen LogP contribution in [0.25, 0.3) is 0 Å². The van der Waals surface area contributed by atoms with Gasteiger partial charge in [0, 0.05) is 5.69 Å². The third-order valence-electron chi connectivity index (χ3n) is 2.62. The summed E-state index contributed by atoms with van der Waals surface area (Å²) in [6.07, 6.45) is 1.02. The Morgan fingerprint density at radius 3 is 2.38 bits per heavy atom. The number of anilines is 2. The van der Waals surface area contributed by atoms with Crippen molar-refractivity contribution in [2.75, 3.05) is 16.3 Å². The van der Waals surface area contributed by atoms with Gasteiger partial charge in [-0.05, 0) is 18.2 Å². The number of nitrogens with one attached hydrogen (secondary N) is 2. The minimum Gasteiger partial charge on any atom is -0.322 e. The second kappa shape index (κ2) is 6.01. The summed E-state index contributed by atoms with van der Waals surface area (Å²) in [4.78, 5) is 12.3. The average Bonchev–Trinajstić information content (AvgIpc) is 2.40. The van der Waals surface area contributed by atoms with E-state index < -0.39 is 15.9 Å². The Hall–Kier alpha value is -2.28. The molecule has 0 fully saturated rings. The topological polar surface area (TPSA) is 75.3 Å². The Bertz CT molecular complexity index is 761. The van der Waals surface area contributed by atoms with Gasteiger partial charge in [0.2, 0.25) is 10.0 Å². The van der Waals surface area contributed by atoms with Gasteiger partial charge in [-0.25, -0.2) is 8.42 Å². The van der Waals surface area contributed by atoms with Crippen LogP contribution in [0, 0.1) is 0 Å². The third kappa shape index (κ3) is 4.35. The molecule has 2 aromatic rings. The van der Waals surface area contributed by atoms with E-state index in [-0.39, 0.29) is 11.3 Å². The Morgan fingerprint density at radius 2 is 1.76 bits per heavy atom. The van der Waals surface area contributed by atoms with Gasteiger partial charge < -0.3 is 5.32 Å². The lowest BCUT2D eigenvalue weighted by Crippen LogP contribution is -2.20. The second-order valence-electron chi connectivity index (χ2n) is 4.50. The lowest BCUT2D eigenvalue weighted by molar-refractivity contribution is 0.102. The normalized spacial score (nSPS) is 10.9. The van der Waals surface area contributed by atoms with Crippen molar-refractivity contribution in [3.63, 3.8) is 0 Å². The molecule has 0 bridgehead atoms. The molecular weight excluding hydrogens is 287 g/mol. The molecule has 7 heteroatoms. The van der Waals surface area contributed by atoms with Gasteiger partial charge in [-0.3, -0.25) is 9.52 Å². The van der Waals surface area contributed by atoms with E-state index in [1.165, 1.54) is 18.2 Å². The van der Waals surface area contributed by atoms with Gasteiger partial charge in [0.15, 0.2) is 0 Å².